The Hall–Kier alpha value is -0.850. The van der Waals surface area contributed by atoms with E-state index in [9.17, 15) is 0 Å². The molecule has 4 aliphatic rings. The van der Waals surface area contributed by atoms with Gasteiger partial charge in [-0.3, -0.25) is 14.8 Å². The second kappa shape index (κ2) is 9.77. The zero-order valence-corrected chi connectivity index (χ0v) is 18.0. The Balaban J connectivity index is 1.34. The van der Waals surface area contributed by atoms with Crippen molar-refractivity contribution in [1.82, 2.24) is 20.0 Å². The highest BCUT2D eigenvalue weighted by Gasteiger charge is 2.39. The van der Waals surface area contributed by atoms with Gasteiger partial charge in [-0.15, -0.1) is 0 Å². The molecule has 0 aromatic carbocycles. The standard InChI is InChI=1S/C22H41N5O/c1-23-21(26-13-8-20(18-26)25-11-6-3-7-12-25)24-19-22(9-4-2-5-10-22)27-14-16-28-17-15-27/h20H,2-19H2,1H3,(H,23,24). The first-order valence-corrected chi connectivity index (χ1v) is 11.8. The van der Waals surface area contributed by atoms with Crippen LogP contribution in [-0.2, 0) is 4.74 Å². The Labute approximate surface area is 171 Å². The topological polar surface area (TPSA) is 43.3 Å². The number of morpholine rings is 1. The molecule has 0 aromatic rings. The van der Waals surface area contributed by atoms with Gasteiger partial charge in [0.05, 0.1) is 13.2 Å². The van der Waals surface area contributed by atoms with Crippen LogP contribution in [0.3, 0.4) is 0 Å². The van der Waals surface area contributed by atoms with Crippen LogP contribution in [0.5, 0.6) is 0 Å². The molecule has 3 heterocycles. The number of piperidine rings is 1. The van der Waals surface area contributed by atoms with E-state index in [0.29, 0.717) is 5.54 Å². The lowest BCUT2D eigenvalue weighted by Crippen LogP contribution is -2.60. The lowest BCUT2D eigenvalue weighted by Gasteiger charge is -2.48. The monoisotopic (exact) mass is 391 g/mol. The number of hydrogen-bond acceptors (Lipinski definition) is 4. The third-order valence-corrected chi connectivity index (χ3v) is 7.62. The summed E-state index contributed by atoms with van der Waals surface area (Å²) in [7, 11) is 1.96. The zero-order valence-electron chi connectivity index (χ0n) is 18.0. The maximum atomic E-state index is 5.63. The van der Waals surface area contributed by atoms with Gasteiger partial charge in [-0.2, -0.15) is 0 Å². The van der Waals surface area contributed by atoms with Gasteiger partial charge in [-0.05, 0) is 45.2 Å². The fraction of sp³-hybridized carbons (Fsp3) is 0.955. The fourth-order valence-electron chi connectivity index (χ4n) is 5.94. The van der Waals surface area contributed by atoms with E-state index in [2.05, 4.69) is 25.0 Å². The molecule has 6 heteroatoms. The molecule has 4 fully saturated rings. The van der Waals surface area contributed by atoms with Crippen molar-refractivity contribution in [3.63, 3.8) is 0 Å². The lowest BCUT2D eigenvalue weighted by atomic mass is 9.80. The van der Waals surface area contributed by atoms with E-state index in [0.717, 1.165) is 57.9 Å². The van der Waals surface area contributed by atoms with Gasteiger partial charge in [0.15, 0.2) is 5.96 Å². The number of nitrogens with one attached hydrogen (secondary N) is 1. The van der Waals surface area contributed by atoms with Crippen molar-refractivity contribution in [1.29, 1.82) is 0 Å². The second-order valence-electron chi connectivity index (χ2n) is 9.27. The molecule has 0 spiro atoms. The van der Waals surface area contributed by atoms with Crippen molar-refractivity contribution >= 4 is 5.96 Å². The van der Waals surface area contributed by atoms with E-state index in [-0.39, 0.29) is 0 Å². The normalized spacial score (nSPS) is 30.5. The zero-order chi connectivity index (χ0) is 19.2. The number of rotatable bonds is 4. The predicted octanol–water partition coefficient (Wildman–Crippen LogP) is 2.16. The highest BCUT2D eigenvalue weighted by molar-refractivity contribution is 5.80. The first kappa shape index (κ1) is 20.4. The molecule has 1 atom stereocenters. The van der Waals surface area contributed by atoms with Crippen molar-refractivity contribution in [3.8, 4) is 0 Å². The van der Waals surface area contributed by atoms with E-state index in [4.69, 9.17) is 4.74 Å². The molecule has 3 aliphatic heterocycles. The smallest absolute Gasteiger partial charge is 0.193 e. The lowest BCUT2D eigenvalue weighted by molar-refractivity contribution is -0.0354. The van der Waals surface area contributed by atoms with Crippen LogP contribution in [0.15, 0.2) is 4.99 Å². The molecule has 1 unspecified atom stereocenters. The van der Waals surface area contributed by atoms with Crippen molar-refractivity contribution < 1.29 is 4.74 Å². The summed E-state index contributed by atoms with van der Waals surface area (Å²) in [6, 6.07) is 0.724. The molecule has 0 amide bonds. The average Bonchev–Trinajstić information content (AvgIpc) is 3.26. The minimum Gasteiger partial charge on any atom is -0.379 e. The molecular formula is C22H41N5O. The number of ether oxygens (including phenoxy) is 1. The van der Waals surface area contributed by atoms with Gasteiger partial charge >= 0.3 is 0 Å². The Morgan fingerprint density at radius 3 is 2.39 bits per heavy atom. The van der Waals surface area contributed by atoms with Gasteiger partial charge < -0.3 is 15.0 Å². The first-order valence-electron chi connectivity index (χ1n) is 11.8. The molecule has 0 aromatic heterocycles. The van der Waals surface area contributed by atoms with Gasteiger partial charge in [0.25, 0.3) is 0 Å². The van der Waals surface area contributed by atoms with E-state index < -0.39 is 0 Å². The Bertz CT molecular complexity index is 507. The summed E-state index contributed by atoms with van der Waals surface area (Å²) in [4.78, 5) is 12.6. The SMILES string of the molecule is CN=C(NCC1(N2CCOCC2)CCCCC1)N1CCC(N2CCCCC2)C1. The number of guanidine groups is 1. The molecule has 6 nitrogen and oxygen atoms in total. The molecule has 1 saturated carbocycles. The fourth-order valence-corrected chi connectivity index (χ4v) is 5.94. The van der Waals surface area contributed by atoms with E-state index in [1.807, 2.05) is 7.05 Å². The van der Waals surface area contributed by atoms with Crippen LogP contribution >= 0.6 is 0 Å². The largest absolute Gasteiger partial charge is 0.379 e. The molecule has 28 heavy (non-hydrogen) atoms. The van der Waals surface area contributed by atoms with Crippen molar-refractivity contribution in [2.45, 2.75) is 69.4 Å². The summed E-state index contributed by atoms with van der Waals surface area (Å²) < 4.78 is 5.63. The molecule has 0 bridgehead atoms. The Morgan fingerprint density at radius 2 is 1.68 bits per heavy atom. The number of hydrogen-bond donors (Lipinski definition) is 1. The van der Waals surface area contributed by atoms with Gasteiger partial charge in [0, 0.05) is 51.4 Å². The van der Waals surface area contributed by atoms with Gasteiger partial charge in [0.2, 0.25) is 0 Å². The van der Waals surface area contributed by atoms with Crippen LogP contribution in [0.1, 0.15) is 57.8 Å². The van der Waals surface area contributed by atoms with E-state index in [1.54, 1.807) is 0 Å². The van der Waals surface area contributed by atoms with Crippen LogP contribution in [0.25, 0.3) is 0 Å². The average molecular weight is 392 g/mol. The molecule has 3 saturated heterocycles. The van der Waals surface area contributed by atoms with Crippen molar-refractivity contribution in [3.05, 3.63) is 0 Å². The number of nitrogens with zero attached hydrogens (tertiary/aromatic N) is 4. The Morgan fingerprint density at radius 1 is 0.964 bits per heavy atom. The van der Waals surface area contributed by atoms with Gasteiger partial charge in [-0.25, -0.2) is 0 Å². The molecule has 0 radical (unpaired) electrons. The highest BCUT2D eigenvalue weighted by atomic mass is 16.5. The number of likely N-dealkylation sites (tertiary alicyclic amines) is 2. The highest BCUT2D eigenvalue weighted by Crippen LogP contribution is 2.34. The second-order valence-corrected chi connectivity index (χ2v) is 9.27. The summed E-state index contributed by atoms with van der Waals surface area (Å²) in [5, 5.41) is 3.82. The third-order valence-electron chi connectivity index (χ3n) is 7.62. The van der Waals surface area contributed by atoms with Gasteiger partial charge in [-0.1, -0.05) is 25.7 Å². The molecular weight excluding hydrogens is 350 g/mol. The third kappa shape index (κ3) is 4.65. The molecule has 1 N–H and O–H groups in total. The molecule has 4 rings (SSSR count). The minimum atomic E-state index is 0.296. The van der Waals surface area contributed by atoms with Crippen LogP contribution in [0.2, 0.25) is 0 Å². The van der Waals surface area contributed by atoms with Crippen molar-refractivity contribution in [2.24, 2.45) is 4.99 Å². The van der Waals surface area contributed by atoms with E-state index >= 15 is 0 Å². The van der Waals surface area contributed by atoms with Crippen molar-refractivity contribution in [2.75, 3.05) is 66.1 Å². The van der Waals surface area contributed by atoms with Crippen LogP contribution < -0.4 is 5.32 Å². The maximum Gasteiger partial charge on any atom is 0.193 e. The van der Waals surface area contributed by atoms with Gasteiger partial charge in [0.1, 0.15) is 0 Å². The van der Waals surface area contributed by atoms with Crippen LogP contribution in [0.4, 0.5) is 0 Å². The van der Waals surface area contributed by atoms with Crippen LogP contribution in [0, 0.1) is 0 Å². The first-order chi connectivity index (χ1) is 13.8. The van der Waals surface area contributed by atoms with Crippen LogP contribution in [-0.4, -0.2) is 98.3 Å². The molecule has 160 valence electrons. The number of aliphatic imine (C=N–C) groups is 1. The van der Waals surface area contributed by atoms with E-state index in [1.165, 1.54) is 70.9 Å². The summed E-state index contributed by atoms with van der Waals surface area (Å²) >= 11 is 0. The maximum absolute atomic E-state index is 5.63. The minimum absolute atomic E-state index is 0.296. The molecule has 1 aliphatic carbocycles. The quantitative estimate of drug-likeness (QED) is 0.588. The summed E-state index contributed by atoms with van der Waals surface area (Å²) in [6.07, 6.45) is 12.2. The Kier molecular flexibility index (Phi) is 7.13. The summed E-state index contributed by atoms with van der Waals surface area (Å²) in [5.74, 6) is 1.12. The summed E-state index contributed by atoms with van der Waals surface area (Å²) in [5.41, 5.74) is 0.296. The predicted molar refractivity (Wildman–Crippen MR) is 115 cm³/mol. The summed E-state index contributed by atoms with van der Waals surface area (Å²) in [6.45, 7) is 9.86.